The zero-order valence-corrected chi connectivity index (χ0v) is 12.8. The van der Waals surface area contributed by atoms with Crippen molar-refractivity contribution in [2.75, 3.05) is 0 Å². The van der Waals surface area contributed by atoms with Crippen molar-refractivity contribution in [3.63, 3.8) is 0 Å². The van der Waals surface area contributed by atoms with Crippen LogP contribution in [0.3, 0.4) is 0 Å². The van der Waals surface area contributed by atoms with Crippen LogP contribution < -0.4 is 0 Å². The summed E-state index contributed by atoms with van der Waals surface area (Å²) in [7, 11) is 0. The number of nitrogens with zero attached hydrogens (tertiary/aromatic N) is 1. The number of non-ortho nitro benzene ring substituents is 1. The second-order valence-corrected chi connectivity index (χ2v) is 6.00. The highest BCUT2D eigenvalue weighted by Gasteiger charge is 2.20. The molecule has 118 valence electrons. The van der Waals surface area contributed by atoms with Crippen LogP contribution in [0.2, 0.25) is 0 Å². The van der Waals surface area contributed by atoms with Crippen molar-refractivity contribution in [1.82, 2.24) is 0 Å². The molecule has 0 aliphatic heterocycles. The molecule has 0 amide bonds. The monoisotopic (exact) mass is 317 g/mol. The first kappa shape index (κ1) is 14.6. The number of hydrogen-bond acceptors (Lipinski definition) is 3. The van der Waals surface area contributed by atoms with Gasteiger partial charge in [0.1, 0.15) is 6.10 Å². The molecule has 0 aromatic heterocycles. The van der Waals surface area contributed by atoms with Gasteiger partial charge >= 0.3 is 0 Å². The van der Waals surface area contributed by atoms with Gasteiger partial charge in [-0.05, 0) is 51.9 Å². The number of rotatable bonds is 3. The van der Waals surface area contributed by atoms with E-state index in [1.165, 1.54) is 34.4 Å². The van der Waals surface area contributed by atoms with E-state index >= 15 is 0 Å². The van der Waals surface area contributed by atoms with Crippen LogP contribution in [0, 0.1) is 10.1 Å². The lowest BCUT2D eigenvalue weighted by Crippen LogP contribution is -2.01. The van der Waals surface area contributed by atoms with E-state index < -0.39 is 11.0 Å². The third kappa shape index (κ3) is 2.37. The average Bonchev–Trinajstić information content (AvgIpc) is 2.99. The van der Waals surface area contributed by atoms with E-state index in [1.807, 2.05) is 30.3 Å². The highest BCUT2D eigenvalue weighted by molar-refractivity contribution is 5.77. The molecule has 3 aromatic carbocycles. The number of nitro benzene ring substituents is 1. The maximum Gasteiger partial charge on any atom is 0.269 e. The fraction of sp³-hybridized carbons (Fsp3) is 0.100. The summed E-state index contributed by atoms with van der Waals surface area (Å²) in [5.41, 5.74) is 6.44. The Labute approximate surface area is 139 Å². The quantitative estimate of drug-likeness (QED) is 0.454. The van der Waals surface area contributed by atoms with Gasteiger partial charge in [0, 0.05) is 12.1 Å². The number of aliphatic hydroxyl groups is 1. The molecule has 4 nitrogen and oxygen atoms in total. The maximum absolute atomic E-state index is 10.7. The molecule has 0 heterocycles. The van der Waals surface area contributed by atoms with Crippen molar-refractivity contribution in [2.24, 2.45) is 0 Å². The van der Waals surface area contributed by atoms with Gasteiger partial charge in [-0.2, -0.15) is 0 Å². The first-order valence-electron chi connectivity index (χ1n) is 7.77. The standard InChI is InChI=1S/C20H15NO3/c22-20(13-5-8-17(9-6-13)21(23)24)15-7-10-19-16(12-15)11-14-3-1-2-4-18(14)19/h1-10,12,20,22H,11H2/t20-/m1/s1. The minimum atomic E-state index is -0.792. The van der Waals surface area contributed by atoms with Crippen LogP contribution in [0.15, 0.2) is 66.7 Å². The van der Waals surface area contributed by atoms with Gasteiger partial charge in [-0.15, -0.1) is 0 Å². The first-order chi connectivity index (χ1) is 11.6. The molecule has 24 heavy (non-hydrogen) atoms. The molecule has 1 aliphatic rings. The topological polar surface area (TPSA) is 63.4 Å². The summed E-state index contributed by atoms with van der Waals surface area (Å²) in [4.78, 5) is 10.3. The largest absolute Gasteiger partial charge is 0.384 e. The normalized spacial score (nSPS) is 13.2. The Morgan fingerprint density at radius 3 is 2.29 bits per heavy atom. The van der Waals surface area contributed by atoms with Crippen molar-refractivity contribution in [3.05, 3.63) is 99.1 Å². The highest BCUT2D eigenvalue weighted by Crippen LogP contribution is 2.38. The molecule has 0 saturated heterocycles. The predicted molar refractivity (Wildman–Crippen MR) is 91.8 cm³/mol. The smallest absolute Gasteiger partial charge is 0.269 e. The molecule has 0 saturated carbocycles. The Morgan fingerprint density at radius 2 is 1.54 bits per heavy atom. The van der Waals surface area contributed by atoms with E-state index in [4.69, 9.17) is 0 Å². The highest BCUT2D eigenvalue weighted by atomic mass is 16.6. The van der Waals surface area contributed by atoms with Crippen molar-refractivity contribution in [2.45, 2.75) is 12.5 Å². The van der Waals surface area contributed by atoms with E-state index in [0.717, 1.165) is 12.0 Å². The fourth-order valence-electron chi connectivity index (χ4n) is 3.31. The van der Waals surface area contributed by atoms with Gasteiger partial charge in [-0.25, -0.2) is 0 Å². The van der Waals surface area contributed by atoms with Crippen molar-refractivity contribution in [1.29, 1.82) is 0 Å². The van der Waals surface area contributed by atoms with Crippen LogP contribution in [0.5, 0.6) is 0 Å². The number of hydrogen-bond donors (Lipinski definition) is 1. The van der Waals surface area contributed by atoms with Crippen LogP contribution >= 0.6 is 0 Å². The molecule has 1 N–H and O–H groups in total. The Bertz CT molecular complexity index is 932. The molecule has 3 aromatic rings. The van der Waals surface area contributed by atoms with Crippen LogP contribution in [0.1, 0.15) is 28.4 Å². The molecular formula is C20H15NO3. The van der Waals surface area contributed by atoms with Gasteiger partial charge in [0.05, 0.1) is 4.92 Å². The maximum atomic E-state index is 10.7. The van der Waals surface area contributed by atoms with Gasteiger partial charge in [-0.1, -0.05) is 42.5 Å². The molecule has 4 rings (SSSR count). The number of fused-ring (bicyclic) bond motifs is 3. The lowest BCUT2D eigenvalue weighted by atomic mass is 9.97. The van der Waals surface area contributed by atoms with Crippen LogP contribution in [0.25, 0.3) is 11.1 Å². The molecular weight excluding hydrogens is 302 g/mol. The number of nitro groups is 1. The Kier molecular flexibility index (Phi) is 3.40. The average molecular weight is 317 g/mol. The van der Waals surface area contributed by atoms with Crippen LogP contribution in [-0.4, -0.2) is 10.0 Å². The summed E-state index contributed by atoms with van der Waals surface area (Å²) in [5, 5.41) is 21.3. The van der Waals surface area contributed by atoms with Crippen molar-refractivity contribution < 1.29 is 10.0 Å². The summed E-state index contributed by atoms with van der Waals surface area (Å²) in [5.74, 6) is 0. The SMILES string of the molecule is O=[N+]([O-])c1ccc([C@@H](O)c2ccc3c(c2)Cc2ccccc2-3)cc1. The fourth-order valence-corrected chi connectivity index (χ4v) is 3.31. The van der Waals surface area contributed by atoms with E-state index in [2.05, 4.69) is 12.1 Å². The number of aliphatic hydroxyl groups excluding tert-OH is 1. The molecule has 0 fully saturated rings. The van der Waals surface area contributed by atoms with Gasteiger partial charge < -0.3 is 5.11 Å². The lowest BCUT2D eigenvalue weighted by Gasteiger charge is -2.13. The summed E-state index contributed by atoms with van der Waals surface area (Å²) in [6.07, 6.45) is 0.0756. The van der Waals surface area contributed by atoms with Gasteiger partial charge in [0.15, 0.2) is 0 Å². The zero-order chi connectivity index (χ0) is 16.7. The molecule has 0 bridgehead atoms. The molecule has 0 radical (unpaired) electrons. The second-order valence-electron chi connectivity index (χ2n) is 6.00. The van der Waals surface area contributed by atoms with E-state index in [1.54, 1.807) is 12.1 Å². The Balaban J connectivity index is 1.66. The number of benzene rings is 3. The van der Waals surface area contributed by atoms with E-state index in [0.29, 0.717) is 5.56 Å². The van der Waals surface area contributed by atoms with Gasteiger partial charge in [0.25, 0.3) is 5.69 Å². The minimum Gasteiger partial charge on any atom is -0.384 e. The van der Waals surface area contributed by atoms with Crippen LogP contribution in [0.4, 0.5) is 5.69 Å². The second kappa shape index (κ2) is 5.58. The third-order valence-corrected chi connectivity index (χ3v) is 4.55. The van der Waals surface area contributed by atoms with Crippen LogP contribution in [-0.2, 0) is 6.42 Å². The van der Waals surface area contributed by atoms with Gasteiger partial charge in [-0.3, -0.25) is 10.1 Å². The molecule has 4 heteroatoms. The summed E-state index contributed by atoms with van der Waals surface area (Å²) >= 11 is 0. The Hall–Kier alpha value is -2.98. The Morgan fingerprint density at radius 1 is 0.875 bits per heavy atom. The lowest BCUT2D eigenvalue weighted by molar-refractivity contribution is -0.384. The zero-order valence-electron chi connectivity index (χ0n) is 12.8. The third-order valence-electron chi connectivity index (χ3n) is 4.55. The van der Waals surface area contributed by atoms with Gasteiger partial charge in [0.2, 0.25) is 0 Å². The molecule has 0 spiro atoms. The van der Waals surface area contributed by atoms with Crippen molar-refractivity contribution >= 4 is 5.69 Å². The first-order valence-corrected chi connectivity index (χ1v) is 7.77. The van der Waals surface area contributed by atoms with Crippen molar-refractivity contribution in [3.8, 4) is 11.1 Å². The molecule has 1 aliphatic carbocycles. The molecule has 0 unspecified atom stereocenters. The summed E-state index contributed by atoms with van der Waals surface area (Å²) in [6.45, 7) is 0. The minimum absolute atomic E-state index is 0.0235. The summed E-state index contributed by atoms with van der Waals surface area (Å²) < 4.78 is 0. The van der Waals surface area contributed by atoms with E-state index in [9.17, 15) is 15.2 Å². The predicted octanol–water partition coefficient (Wildman–Crippen LogP) is 4.25. The summed E-state index contributed by atoms with van der Waals surface area (Å²) in [6, 6.07) is 20.4. The molecule has 1 atom stereocenters. The van der Waals surface area contributed by atoms with E-state index in [-0.39, 0.29) is 5.69 Å².